The zero-order valence-corrected chi connectivity index (χ0v) is 18.3. The Bertz CT molecular complexity index is 988. The number of fused-ring (bicyclic) bond motifs is 1. The second-order valence-corrected chi connectivity index (χ2v) is 8.41. The maximum atomic E-state index is 12.8. The summed E-state index contributed by atoms with van der Waals surface area (Å²) in [6.07, 6.45) is 1.04. The summed E-state index contributed by atoms with van der Waals surface area (Å²) < 4.78 is 0. The number of rotatable bonds is 6. The van der Waals surface area contributed by atoms with Gasteiger partial charge in [0.1, 0.15) is 12.1 Å². The Hall–Kier alpha value is -2.93. The van der Waals surface area contributed by atoms with E-state index in [1.807, 2.05) is 19.9 Å². The molecule has 0 atom stereocenters. The number of hydrogen-bond acceptors (Lipinski definition) is 4. The molecule has 2 aromatic rings. The number of carbonyl (C=O) groups is 3. The van der Waals surface area contributed by atoms with Crippen LogP contribution in [0, 0.1) is 0 Å². The Morgan fingerprint density at radius 3 is 2.32 bits per heavy atom. The number of piperazine rings is 1. The highest BCUT2D eigenvalue weighted by molar-refractivity contribution is 6.09. The normalized spacial score (nSPS) is 19.2. The summed E-state index contributed by atoms with van der Waals surface area (Å²) in [6.45, 7) is 7.14. The van der Waals surface area contributed by atoms with E-state index in [4.69, 9.17) is 0 Å². The molecule has 0 aromatic heterocycles. The lowest BCUT2D eigenvalue weighted by atomic mass is 9.93. The minimum Gasteiger partial charge on any atom is -0.339 e. The molecule has 0 unspecified atom stereocenters. The predicted molar refractivity (Wildman–Crippen MR) is 119 cm³/mol. The highest BCUT2D eigenvalue weighted by Gasteiger charge is 2.49. The minimum atomic E-state index is -0.867. The summed E-state index contributed by atoms with van der Waals surface area (Å²) in [6, 6.07) is 14.3. The molecule has 7 heteroatoms. The molecule has 0 bridgehead atoms. The highest BCUT2D eigenvalue weighted by Crippen LogP contribution is 2.25. The van der Waals surface area contributed by atoms with E-state index in [-0.39, 0.29) is 18.4 Å². The Balaban J connectivity index is 1.34. The molecule has 1 N–H and O–H groups in total. The van der Waals surface area contributed by atoms with E-state index >= 15 is 0 Å². The van der Waals surface area contributed by atoms with Gasteiger partial charge in [0.2, 0.25) is 5.91 Å². The molecule has 2 aliphatic rings. The quantitative estimate of drug-likeness (QED) is 0.727. The minimum absolute atomic E-state index is 0.170. The van der Waals surface area contributed by atoms with Crippen LogP contribution in [-0.4, -0.2) is 70.8 Å². The monoisotopic (exact) mass is 422 g/mol. The van der Waals surface area contributed by atoms with Crippen LogP contribution < -0.4 is 5.32 Å². The van der Waals surface area contributed by atoms with Gasteiger partial charge in [-0.2, -0.15) is 0 Å². The summed E-state index contributed by atoms with van der Waals surface area (Å²) in [4.78, 5) is 43.1. The van der Waals surface area contributed by atoms with E-state index in [0.717, 1.165) is 24.5 Å². The van der Waals surface area contributed by atoms with Crippen molar-refractivity contribution in [3.05, 3.63) is 48.0 Å². The largest absolute Gasteiger partial charge is 0.339 e. The fourth-order valence-electron chi connectivity index (χ4n) is 4.61. The van der Waals surface area contributed by atoms with E-state index in [9.17, 15) is 14.4 Å². The summed E-state index contributed by atoms with van der Waals surface area (Å²) in [5, 5.41) is 5.28. The number of amides is 4. The average Bonchev–Trinajstić information content (AvgIpc) is 3.04. The zero-order chi connectivity index (χ0) is 22.0. The van der Waals surface area contributed by atoms with Crippen molar-refractivity contribution >= 4 is 28.6 Å². The molecule has 2 heterocycles. The van der Waals surface area contributed by atoms with Gasteiger partial charge in [0.15, 0.2) is 0 Å². The van der Waals surface area contributed by atoms with Crippen molar-refractivity contribution in [1.29, 1.82) is 0 Å². The summed E-state index contributed by atoms with van der Waals surface area (Å²) >= 11 is 0. The van der Waals surface area contributed by atoms with Gasteiger partial charge < -0.3 is 10.2 Å². The molecule has 2 aromatic carbocycles. The van der Waals surface area contributed by atoms with Crippen molar-refractivity contribution in [3.63, 3.8) is 0 Å². The molecule has 0 spiro atoms. The van der Waals surface area contributed by atoms with Crippen LogP contribution in [0.25, 0.3) is 10.8 Å². The number of carbonyl (C=O) groups excluding carboxylic acids is 3. The van der Waals surface area contributed by atoms with Gasteiger partial charge in [0.05, 0.1) is 0 Å². The Labute approximate surface area is 183 Å². The molecule has 2 aliphatic heterocycles. The molecule has 0 radical (unpaired) electrons. The maximum Gasteiger partial charge on any atom is 0.325 e. The number of nitrogens with one attached hydrogen (secondary N) is 1. The summed E-state index contributed by atoms with van der Waals surface area (Å²) in [5.41, 5.74) is 0.418. The van der Waals surface area contributed by atoms with Crippen molar-refractivity contribution in [2.24, 2.45) is 0 Å². The number of benzene rings is 2. The van der Waals surface area contributed by atoms with Gasteiger partial charge in [0.25, 0.3) is 5.91 Å². The first-order chi connectivity index (χ1) is 15.0. The highest BCUT2D eigenvalue weighted by atomic mass is 16.2. The third kappa shape index (κ3) is 4.02. The van der Waals surface area contributed by atoms with Gasteiger partial charge in [-0.3, -0.25) is 19.4 Å². The molecule has 7 nitrogen and oxygen atoms in total. The summed E-state index contributed by atoms with van der Waals surface area (Å²) in [7, 11) is 0. The predicted octanol–water partition coefficient (Wildman–Crippen LogP) is 2.59. The lowest BCUT2D eigenvalue weighted by molar-refractivity contribution is -0.140. The SMILES string of the molecule is CCC1(CC)NC(=O)N(CC(=O)N2CCN(Cc3cccc4ccccc34)CC2)C1=O. The standard InChI is InChI=1S/C24H30N4O3/c1-3-24(4-2)22(30)28(23(31)25-24)17-21(29)27-14-12-26(13-15-27)16-19-10-7-9-18-8-5-6-11-20(18)19/h5-11H,3-4,12-17H2,1-2H3,(H,25,31). The molecular weight excluding hydrogens is 392 g/mol. The number of urea groups is 1. The Morgan fingerprint density at radius 1 is 0.968 bits per heavy atom. The van der Waals surface area contributed by atoms with Crippen molar-refractivity contribution in [1.82, 2.24) is 20.0 Å². The van der Waals surface area contributed by atoms with Crippen molar-refractivity contribution < 1.29 is 14.4 Å². The molecule has 0 saturated carbocycles. The van der Waals surface area contributed by atoms with Crippen LogP contribution >= 0.6 is 0 Å². The van der Waals surface area contributed by atoms with Gasteiger partial charge in [-0.15, -0.1) is 0 Å². The summed E-state index contributed by atoms with van der Waals surface area (Å²) in [5.74, 6) is -0.457. The van der Waals surface area contributed by atoms with Crippen LogP contribution in [0.4, 0.5) is 4.79 Å². The Morgan fingerprint density at radius 2 is 1.65 bits per heavy atom. The lowest BCUT2D eigenvalue weighted by Crippen LogP contribution is -2.52. The fourth-order valence-corrected chi connectivity index (χ4v) is 4.61. The second kappa shape index (κ2) is 8.67. The third-order valence-corrected chi connectivity index (χ3v) is 6.75. The topological polar surface area (TPSA) is 73.0 Å². The third-order valence-electron chi connectivity index (χ3n) is 6.75. The maximum absolute atomic E-state index is 12.8. The molecule has 2 saturated heterocycles. The van der Waals surface area contributed by atoms with Crippen LogP contribution in [0.1, 0.15) is 32.3 Å². The van der Waals surface area contributed by atoms with Crippen LogP contribution in [-0.2, 0) is 16.1 Å². The molecular formula is C24H30N4O3. The second-order valence-electron chi connectivity index (χ2n) is 8.41. The number of hydrogen-bond donors (Lipinski definition) is 1. The number of imide groups is 1. The van der Waals surface area contributed by atoms with E-state index in [2.05, 4.69) is 46.6 Å². The van der Waals surface area contributed by atoms with Crippen LogP contribution in [0.3, 0.4) is 0 Å². The van der Waals surface area contributed by atoms with Gasteiger partial charge in [-0.1, -0.05) is 56.3 Å². The first kappa shape index (κ1) is 21.3. The first-order valence-electron chi connectivity index (χ1n) is 11.1. The van der Waals surface area contributed by atoms with Crippen molar-refractivity contribution in [3.8, 4) is 0 Å². The van der Waals surface area contributed by atoms with Gasteiger partial charge in [0, 0.05) is 32.7 Å². The molecule has 4 rings (SSSR count). The zero-order valence-electron chi connectivity index (χ0n) is 18.3. The number of nitrogens with zero attached hydrogens (tertiary/aromatic N) is 3. The Kier molecular flexibility index (Phi) is 5.96. The van der Waals surface area contributed by atoms with Crippen molar-refractivity contribution in [2.75, 3.05) is 32.7 Å². The molecule has 2 fully saturated rings. The molecule has 0 aliphatic carbocycles. The first-order valence-corrected chi connectivity index (χ1v) is 11.1. The van der Waals surface area contributed by atoms with Crippen LogP contribution in [0.15, 0.2) is 42.5 Å². The van der Waals surface area contributed by atoms with E-state index in [0.29, 0.717) is 25.9 Å². The van der Waals surface area contributed by atoms with E-state index < -0.39 is 11.6 Å². The van der Waals surface area contributed by atoms with E-state index in [1.54, 1.807) is 4.90 Å². The van der Waals surface area contributed by atoms with Crippen LogP contribution in [0.2, 0.25) is 0 Å². The smallest absolute Gasteiger partial charge is 0.325 e. The van der Waals surface area contributed by atoms with Gasteiger partial charge in [-0.05, 0) is 29.2 Å². The average molecular weight is 423 g/mol. The van der Waals surface area contributed by atoms with Gasteiger partial charge >= 0.3 is 6.03 Å². The van der Waals surface area contributed by atoms with Crippen LogP contribution in [0.5, 0.6) is 0 Å². The van der Waals surface area contributed by atoms with Crippen molar-refractivity contribution in [2.45, 2.75) is 38.8 Å². The molecule has 4 amide bonds. The fraction of sp³-hybridized carbons (Fsp3) is 0.458. The molecule has 31 heavy (non-hydrogen) atoms. The lowest BCUT2D eigenvalue weighted by Gasteiger charge is -2.35. The van der Waals surface area contributed by atoms with Gasteiger partial charge in [-0.25, -0.2) is 4.79 Å². The van der Waals surface area contributed by atoms with E-state index in [1.165, 1.54) is 16.3 Å². The molecule has 164 valence electrons.